The summed E-state index contributed by atoms with van der Waals surface area (Å²) >= 11 is 0. The minimum Gasteiger partial charge on any atom is -0.492 e. The van der Waals surface area contributed by atoms with Gasteiger partial charge in [0, 0.05) is 32.6 Å². The van der Waals surface area contributed by atoms with Gasteiger partial charge in [-0.2, -0.15) is 0 Å². The Balaban J connectivity index is 1.40. The average Bonchev–Trinajstić information content (AvgIpc) is 3.00. The number of carbonyl (C=O) groups excluding carboxylic acids is 1. The van der Waals surface area contributed by atoms with Crippen LogP contribution >= 0.6 is 0 Å². The molecular weight excluding hydrogens is 512 g/mol. The SMILES string of the molecule is CCCCCCCCCCCC(=O)N1CCN(C(C)c2nc3ccccc3c(=O)n2-c2ccccc2OCC)CC1. The molecule has 1 saturated heterocycles. The first kappa shape index (κ1) is 30.8. The van der Waals surface area contributed by atoms with E-state index in [0.717, 1.165) is 25.9 Å². The predicted octanol–water partition coefficient (Wildman–Crippen LogP) is 6.91. The van der Waals surface area contributed by atoms with Gasteiger partial charge in [-0.15, -0.1) is 0 Å². The van der Waals surface area contributed by atoms with Crippen LogP contribution in [0.2, 0.25) is 0 Å². The third-order valence-electron chi connectivity index (χ3n) is 8.29. The summed E-state index contributed by atoms with van der Waals surface area (Å²) in [5.41, 5.74) is 1.30. The van der Waals surface area contributed by atoms with Crippen LogP contribution in [-0.2, 0) is 4.79 Å². The molecule has 0 radical (unpaired) electrons. The zero-order valence-corrected chi connectivity index (χ0v) is 25.3. The van der Waals surface area contributed by atoms with Crippen LogP contribution in [0.1, 0.15) is 96.8 Å². The highest BCUT2D eigenvalue weighted by Crippen LogP contribution is 2.28. The lowest BCUT2D eigenvalue weighted by Crippen LogP contribution is -2.49. The topological polar surface area (TPSA) is 67.7 Å². The van der Waals surface area contributed by atoms with Gasteiger partial charge in [-0.25, -0.2) is 4.98 Å². The number of para-hydroxylation sites is 3. The van der Waals surface area contributed by atoms with Crippen molar-refractivity contribution < 1.29 is 9.53 Å². The van der Waals surface area contributed by atoms with Gasteiger partial charge in [-0.05, 0) is 44.5 Å². The highest BCUT2D eigenvalue weighted by Gasteiger charge is 2.28. The summed E-state index contributed by atoms with van der Waals surface area (Å²) in [5.74, 6) is 1.62. The summed E-state index contributed by atoms with van der Waals surface area (Å²) < 4.78 is 7.63. The third-order valence-corrected chi connectivity index (χ3v) is 8.29. The van der Waals surface area contributed by atoms with Crippen molar-refractivity contribution in [1.82, 2.24) is 19.4 Å². The monoisotopic (exact) mass is 560 g/mol. The molecular formula is C34H48N4O3. The van der Waals surface area contributed by atoms with Gasteiger partial charge in [0.2, 0.25) is 5.91 Å². The van der Waals surface area contributed by atoms with Crippen LogP contribution in [0.4, 0.5) is 0 Å². The van der Waals surface area contributed by atoms with Gasteiger partial charge in [0.25, 0.3) is 5.56 Å². The number of aromatic nitrogens is 2. The van der Waals surface area contributed by atoms with E-state index < -0.39 is 0 Å². The van der Waals surface area contributed by atoms with Gasteiger partial charge in [0.1, 0.15) is 11.6 Å². The molecule has 1 aliphatic rings. The number of piperazine rings is 1. The molecule has 7 nitrogen and oxygen atoms in total. The van der Waals surface area contributed by atoms with E-state index in [1.54, 1.807) is 4.57 Å². The second-order valence-electron chi connectivity index (χ2n) is 11.2. The Bertz CT molecular complexity index is 1310. The first-order valence-electron chi connectivity index (χ1n) is 15.8. The van der Waals surface area contributed by atoms with Gasteiger partial charge in [-0.3, -0.25) is 19.1 Å². The number of rotatable bonds is 15. The summed E-state index contributed by atoms with van der Waals surface area (Å²) in [6, 6.07) is 15.1. The van der Waals surface area contributed by atoms with E-state index in [0.29, 0.717) is 54.3 Å². The van der Waals surface area contributed by atoms with Crippen molar-refractivity contribution in [3.05, 3.63) is 64.7 Å². The molecule has 7 heteroatoms. The average molecular weight is 561 g/mol. The van der Waals surface area contributed by atoms with Crippen LogP contribution in [0.25, 0.3) is 16.6 Å². The molecule has 222 valence electrons. The maximum absolute atomic E-state index is 13.9. The van der Waals surface area contributed by atoms with Gasteiger partial charge in [0.15, 0.2) is 0 Å². The number of hydrogen-bond donors (Lipinski definition) is 0. The van der Waals surface area contributed by atoms with Crippen LogP contribution in [0.15, 0.2) is 53.3 Å². The molecule has 1 unspecified atom stereocenters. The van der Waals surface area contributed by atoms with Crippen molar-refractivity contribution in [1.29, 1.82) is 0 Å². The summed E-state index contributed by atoms with van der Waals surface area (Å²) in [7, 11) is 0. The lowest BCUT2D eigenvalue weighted by molar-refractivity contribution is -0.133. The normalized spacial score (nSPS) is 14.9. The fourth-order valence-corrected chi connectivity index (χ4v) is 5.85. The van der Waals surface area contributed by atoms with Crippen LogP contribution in [0.5, 0.6) is 5.75 Å². The van der Waals surface area contributed by atoms with Crippen molar-refractivity contribution in [2.75, 3.05) is 32.8 Å². The Morgan fingerprint density at radius 2 is 1.49 bits per heavy atom. The Morgan fingerprint density at radius 3 is 2.20 bits per heavy atom. The van der Waals surface area contributed by atoms with Crippen LogP contribution in [0, 0.1) is 0 Å². The number of fused-ring (bicyclic) bond motifs is 1. The first-order chi connectivity index (χ1) is 20.0. The summed E-state index contributed by atoms with van der Waals surface area (Å²) in [6.45, 7) is 9.71. The van der Waals surface area contributed by atoms with Crippen LogP contribution < -0.4 is 10.3 Å². The largest absolute Gasteiger partial charge is 0.492 e. The molecule has 3 aromatic rings. The van der Waals surface area contributed by atoms with Crippen LogP contribution in [0.3, 0.4) is 0 Å². The molecule has 4 rings (SSSR count). The second-order valence-corrected chi connectivity index (χ2v) is 11.2. The number of nitrogens with zero attached hydrogens (tertiary/aromatic N) is 4. The fourth-order valence-electron chi connectivity index (χ4n) is 5.85. The van der Waals surface area contributed by atoms with Crippen LogP contribution in [-0.4, -0.2) is 58.0 Å². The molecule has 1 fully saturated rings. The summed E-state index contributed by atoms with van der Waals surface area (Å²) in [4.78, 5) is 36.1. The summed E-state index contributed by atoms with van der Waals surface area (Å²) in [6.07, 6.45) is 12.0. The standard InChI is InChI=1S/C34H48N4O3/c1-4-6-7-8-9-10-11-12-13-22-32(39)37-25-23-36(24-26-37)27(3)33-35-29-19-15-14-18-28(29)34(40)38(33)30-20-16-17-21-31(30)41-5-2/h14-21,27H,4-13,22-26H2,1-3H3. The number of amides is 1. The van der Waals surface area contributed by atoms with Crippen molar-refractivity contribution in [2.45, 2.75) is 91.0 Å². The van der Waals surface area contributed by atoms with E-state index in [4.69, 9.17) is 9.72 Å². The van der Waals surface area contributed by atoms with E-state index in [9.17, 15) is 9.59 Å². The number of carbonyl (C=O) groups is 1. The number of ether oxygens (including phenoxy) is 1. The van der Waals surface area contributed by atoms with E-state index in [2.05, 4.69) is 18.7 Å². The number of unbranched alkanes of at least 4 members (excludes halogenated alkanes) is 8. The maximum Gasteiger partial charge on any atom is 0.266 e. The third kappa shape index (κ3) is 7.97. The molecule has 41 heavy (non-hydrogen) atoms. The highest BCUT2D eigenvalue weighted by atomic mass is 16.5. The minimum atomic E-state index is -0.114. The molecule has 0 saturated carbocycles. The highest BCUT2D eigenvalue weighted by molar-refractivity contribution is 5.78. The molecule has 0 N–H and O–H groups in total. The molecule has 1 aliphatic heterocycles. The zero-order chi connectivity index (χ0) is 29.0. The Labute approximate surface area is 245 Å². The Kier molecular flexibility index (Phi) is 11.8. The van der Waals surface area contributed by atoms with Crippen molar-refractivity contribution in [3.63, 3.8) is 0 Å². The molecule has 2 aromatic carbocycles. The van der Waals surface area contributed by atoms with E-state index in [1.807, 2.05) is 60.4 Å². The Hall–Kier alpha value is -3.19. The van der Waals surface area contributed by atoms with E-state index in [-0.39, 0.29) is 17.5 Å². The van der Waals surface area contributed by atoms with Gasteiger partial charge in [0.05, 0.1) is 29.2 Å². The second kappa shape index (κ2) is 15.7. The molecule has 1 atom stereocenters. The summed E-state index contributed by atoms with van der Waals surface area (Å²) in [5, 5.41) is 0.585. The van der Waals surface area contributed by atoms with Gasteiger partial charge >= 0.3 is 0 Å². The number of hydrogen-bond acceptors (Lipinski definition) is 5. The first-order valence-corrected chi connectivity index (χ1v) is 15.8. The molecule has 2 heterocycles. The smallest absolute Gasteiger partial charge is 0.266 e. The maximum atomic E-state index is 13.9. The lowest BCUT2D eigenvalue weighted by Gasteiger charge is -2.38. The lowest BCUT2D eigenvalue weighted by atomic mass is 10.1. The van der Waals surface area contributed by atoms with Crippen molar-refractivity contribution in [3.8, 4) is 11.4 Å². The van der Waals surface area contributed by atoms with E-state index >= 15 is 0 Å². The number of benzene rings is 2. The van der Waals surface area contributed by atoms with Gasteiger partial charge in [-0.1, -0.05) is 82.6 Å². The minimum absolute atomic E-state index is 0.0978. The van der Waals surface area contributed by atoms with Crippen molar-refractivity contribution >= 4 is 16.8 Å². The molecule has 1 aromatic heterocycles. The van der Waals surface area contributed by atoms with E-state index in [1.165, 1.54) is 44.9 Å². The van der Waals surface area contributed by atoms with Gasteiger partial charge < -0.3 is 9.64 Å². The molecule has 0 aliphatic carbocycles. The predicted molar refractivity (Wildman–Crippen MR) is 167 cm³/mol. The molecule has 0 spiro atoms. The van der Waals surface area contributed by atoms with Crippen molar-refractivity contribution in [2.24, 2.45) is 0 Å². The fraction of sp³-hybridized carbons (Fsp3) is 0.559. The quantitative estimate of drug-likeness (QED) is 0.189. The molecule has 0 bridgehead atoms. The molecule has 1 amide bonds. The zero-order valence-electron chi connectivity index (χ0n) is 25.3. The Morgan fingerprint density at radius 1 is 0.854 bits per heavy atom.